The van der Waals surface area contributed by atoms with Crippen LogP contribution in [0.2, 0.25) is 0 Å². The Bertz CT molecular complexity index is 604. The molecular weight excluding hydrogens is 309 g/mol. The van der Waals surface area contributed by atoms with Crippen LogP contribution in [0, 0.1) is 12.7 Å². The molecule has 5 nitrogen and oxygen atoms in total. The number of carbonyl (C=O) groups is 1. The van der Waals surface area contributed by atoms with Gasteiger partial charge in [0.2, 0.25) is 0 Å². The molecule has 1 N–H and O–H groups in total. The number of nitrogens with one attached hydrogen (secondary N) is 1. The molecule has 0 spiro atoms. The lowest BCUT2D eigenvalue weighted by molar-refractivity contribution is 0.0944. The standard InChI is InChI=1S/C12H15ClFNO4S/c1-8-6-10(14)9(7-11(8)20(13,17)18)12(16)15-4-3-5-19-2/h6-7H,3-5H2,1-2H3,(H,15,16). The van der Waals surface area contributed by atoms with Crippen LogP contribution in [0.1, 0.15) is 22.3 Å². The second kappa shape index (κ2) is 7.01. The van der Waals surface area contributed by atoms with Crippen LogP contribution in [0.4, 0.5) is 4.39 Å². The van der Waals surface area contributed by atoms with Crippen LogP contribution in [-0.2, 0) is 13.8 Å². The van der Waals surface area contributed by atoms with Gasteiger partial charge in [0.05, 0.1) is 10.5 Å². The van der Waals surface area contributed by atoms with Gasteiger partial charge in [-0.1, -0.05) is 0 Å². The van der Waals surface area contributed by atoms with Gasteiger partial charge in [0, 0.05) is 30.9 Å². The number of methoxy groups -OCH3 is 1. The lowest BCUT2D eigenvalue weighted by Gasteiger charge is -2.09. The SMILES string of the molecule is COCCCNC(=O)c1cc(S(=O)(=O)Cl)c(C)cc1F. The van der Waals surface area contributed by atoms with Crippen molar-refractivity contribution in [3.63, 3.8) is 0 Å². The van der Waals surface area contributed by atoms with Gasteiger partial charge in [-0.05, 0) is 31.0 Å². The van der Waals surface area contributed by atoms with Crippen molar-refractivity contribution >= 4 is 25.6 Å². The predicted octanol–water partition coefficient (Wildman–Crippen LogP) is 1.83. The Morgan fingerprint density at radius 1 is 1.45 bits per heavy atom. The fourth-order valence-corrected chi connectivity index (χ4v) is 2.80. The molecule has 8 heteroatoms. The molecule has 0 bridgehead atoms. The highest BCUT2D eigenvalue weighted by Gasteiger charge is 2.20. The summed E-state index contributed by atoms with van der Waals surface area (Å²) in [6.45, 7) is 2.15. The van der Waals surface area contributed by atoms with Gasteiger partial charge in [0.25, 0.3) is 15.0 Å². The first-order chi connectivity index (χ1) is 9.27. The molecule has 0 saturated carbocycles. The molecule has 0 aliphatic carbocycles. The molecule has 0 aliphatic heterocycles. The van der Waals surface area contributed by atoms with E-state index in [-0.39, 0.29) is 16.0 Å². The van der Waals surface area contributed by atoms with E-state index in [2.05, 4.69) is 5.32 Å². The maximum Gasteiger partial charge on any atom is 0.261 e. The minimum absolute atomic E-state index is 0.147. The van der Waals surface area contributed by atoms with Crippen molar-refractivity contribution in [2.45, 2.75) is 18.2 Å². The van der Waals surface area contributed by atoms with E-state index in [1.54, 1.807) is 0 Å². The van der Waals surface area contributed by atoms with Crippen LogP contribution in [-0.4, -0.2) is 34.6 Å². The summed E-state index contributed by atoms with van der Waals surface area (Å²) in [5.74, 6) is -1.49. The van der Waals surface area contributed by atoms with E-state index in [0.29, 0.717) is 19.6 Å². The van der Waals surface area contributed by atoms with Crippen LogP contribution >= 0.6 is 10.7 Å². The Balaban J connectivity index is 2.98. The molecule has 0 saturated heterocycles. The van der Waals surface area contributed by atoms with Crippen molar-refractivity contribution in [3.05, 3.63) is 29.1 Å². The zero-order valence-corrected chi connectivity index (χ0v) is 12.6. The van der Waals surface area contributed by atoms with E-state index >= 15 is 0 Å². The van der Waals surface area contributed by atoms with Crippen LogP contribution < -0.4 is 5.32 Å². The Hall–Kier alpha value is -1.18. The lowest BCUT2D eigenvalue weighted by atomic mass is 10.1. The van der Waals surface area contributed by atoms with Gasteiger partial charge in [-0.2, -0.15) is 0 Å². The summed E-state index contributed by atoms with van der Waals surface area (Å²) in [5, 5.41) is 2.48. The molecule has 20 heavy (non-hydrogen) atoms. The smallest absolute Gasteiger partial charge is 0.261 e. The number of amides is 1. The molecule has 1 aromatic rings. The normalized spacial score (nSPS) is 11.4. The first-order valence-electron chi connectivity index (χ1n) is 5.79. The number of ether oxygens (including phenoxy) is 1. The average molecular weight is 324 g/mol. The van der Waals surface area contributed by atoms with Crippen molar-refractivity contribution in [1.29, 1.82) is 0 Å². The molecule has 1 rings (SSSR count). The van der Waals surface area contributed by atoms with Gasteiger partial charge in [-0.25, -0.2) is 12.8 Å². The van der Waals surface area contributed by atoms with Crippen molar-refractivity contribution in [2.75, 3.05) is 20.3 Å². The summed E-state index contributed by atoms with van der Waals surface area (Å²) in [5.41, 5.74) is -0.208. The first-order valence-corrected chi connectivity index (χ1v) is 8.10. The quantitative estimate of drug-likeness (QED) is 0.640. The third-order valence-electron chi connectivity index (χ3n) is 2.58. The van der Waals surface area contributed by atoms with Crippen LogP contribution in [0.5, 0.6) is 0 Å². The summed E-state index contributed by atoms with van der Waals surface area (Å²) in [4.78, 5) is 11.5. The van der Waals surface area contributed by atoms with E-state index in [4.69, 9.17) is 15.4 Å². The minimum Gasteiger partial charge on any atom is -0.385 e. The van der Waals surface area contributed by atoms with Gasteiger partial charge >= 0.3 is 0 Å². The van der Waals surface area contributed by atoms with E-state index in [1.165, 1.54) is 14.0 Å². The topological polar surface area (TPSA) is 72.5 Å². The highest BCUT2D eigenvalue weighted by atomic mass is 35.7. The van der Waals surface area contributed by atoms with E-state index in [9.17, 15) is 17.6 Å². The molecule has 1 aromatic carbocycles. The third-order valence-corrected chi connectivity index (χ3v) is 4.05. The molecular formula is C12H15ClFNO4S. The third kappa shape index (κ3) is 4.43. The summed E-state index contributed by atoms with van der Waals surface area (Å²) in [6, 6.07) is 1.91. The zero-order chi connectivity index (χ0) is 15.3. The number of rotatable bonds is 6. The van der Waals surface area contributed by atoms with Crippen molar-refractivity contribution in [2.24, 2.45) is 0 Å². The Morgan fingerprint density at radius 3 is 2.65 bits per heavy atom. The minimum atomic E-state index is -4.03. The number of carbonyl (C=O) groups excluding carboxylic acids is 1. The molecule has 0 unspecified atom stereocenters. The molecule has 0 radical (unpaired) electrons. The maximum absolute atomic E-state index is 13.7. The molecule has 0 aromatic heterocycles. The van der Waals surface area contributed by atoms with Crippen LogP contribution in [0.15, 0.2) is 17.0 Å². The van der Waals surface area contributed by atoms with Crippen molar-refractivity contribution in [1.82, 2.24) is 5.32 Å². The summed E-state index contributed by atoms with van der Waals surface area (Å²) >= 11 is 0. The largest absolute Gasteiger partial charge is 0.385 e. The maximum atomic E-state index is 13.7. The summed E-state index contributed by atoms with van der Waals surface area (Å²) in [7, 11) is 2.74. The van der Waals surface area contributed by atoms with Gasteiger partial charge < -0.3 is 10.1 Å². The van der Waals surface area contributed by atoms with Gasteiger partial charge in [-0.3, -0.25) is 4.79 Å². The Kier molecular flexibility index (Phi) is 5.91. The Morgan fingerprint density at radius 2 is 2.10 bits per heavy atom. The predicted molar refractivity (Wildman–Crippen MR) is 73.0 cm³/mol. The number of aryl methyl sites for hydroxylation is 1. The number of hydrogen-bond donors (Lipinski definition) is 1. The van der Waals surface area contributed by atoms with Crippen LogP contribution in [0.3, 0.4) is 0 Å². The van der Waals surface area contributed by atoms with Gasteiger partial charge in [0.1, 0.15) is 5.82 Å². The average Bonchev–Trinajstić information content (AvgIpc) is 2.32. The highest BCUT2D eigenvalue weighted by Crippen LogP contribution is 2.23. The highest BCUT2D eigenvalue weighted by molar-refractivity contribution is 8.13. The fraction of sp³-hybridized carbons (Fsp3) is 0.417. The van der Waals surface area contributed by atoms with Gasteiger partial charge in [-0.15, -0.1) is 0 Å². The number of hydrogen-bond acceptors (Lipinski definition) is 4. The Labute approximate surface area is 121 Å². The summed E-state index contributed by atoms with van der Waals surface area (Å²) in [6.07, 6.45) is 0.566. The van der Waals surface area contributed by atoms with E-state index < -0.39 is 20.8 Å². The number of halogens is 2. The second-order valence-electron chi connectivity index (χ2n) is 4.14. The lowest BCUT2D eigenvalue weighted by Crippen LogP contribution is -2.26. The van der Waals surface area contributed by atoms with Crippen molar-refractivity contribution in [3.8, 4) is 0 Å². The van der Waals surface area contributed by atoms with Crippen molar-refractivity contribution < 1.29 is 22.3 Å². The molecule has 1 amide bonds. The molecule has 112 valence electrons. The fourth-order valence-electron chi connectivity index (χ4n) is 1.60. The molecule has 0 heterocycles. The first kappa shape index (κ1) is 16.9. The second-order valence-corrected chi connectivity index (χ2v) is 6.67. The van der Waals surface area contributed by atoms with E-state index in [0.717, 1.165) is 12.1 Å². The number of benzene rings is 1. The monoisotopic (exact) mass is 323 g/mol. The van der Waals surface area contributed by atoms with Crippen LogP contribution in [0.25, 0.3) is 0 Å². The van der Waals surface area contributed by atoms with E-state index in [1.807, 2.05) is 0 Å². The zero-order valence-electron chi connectivity index (χ0n) is 11.1. The molecule has 0 fully saturated rings. The van der Waals surface area contributed by atoms with Gasteiger partial charge in [0.15, 0.2) is 0 Å². The molecule has 0 atom stereocenters. The summed E-state index contributed by atoms with van der Waals surface area (Å²) < 4.78 is 41.2. The molecule has 0 aliphatic rings.